The van der Waals surface area contributed by atoms with Crippen LogP contribution in [-0.2, 0) is 23.4 Å². The van der Waals surface area contributed by atoms with Crippen LogP contribution in [-0.4, -0.2) is 64.4 Å². The molecule has 1 saturated heterocycles. The van der Waals surface area contributed by atoms with E-state index in [0.29, 0.717) is 29.2 Å². The topological polar surface area (TPSA) is 156 Å². The largest absolute Gasteiger partial charge is 0.462 e. The minimum atomic E-state index is -4.00. The molecule has 0 amide bonds. The summed E-state index contributed by atoms with van der Waals surface area (Å²) in [5, 5.41) is 2.70. The molecule has 2 aromatic heterocycles. The fourth-order valence-corrected chi connectivity index (χ4v) is 5.82. The molecule has 0 saturated carbocycles. The number of anilines is 2. The number of hydrogen-bond acceptors (Lipinski definition) is 11. The van der Waals surface area contributed by atoms with Crippen LogP contribution in [0.15, 0.2) is 36.7 Å². The van der Waals surface area contributed by atoms with Crippen LogP contribution in [0, 0.1) is 5.92 Å². The quantitative estimate of drug-likeness (QED) is 0.260. The molecule has 3 heterocycles. The van der Waals surface area contributed by atoms with E-state index in [1.165, 1.54) is 0 Å². The van der Waals surface area contributed by atoms with E-state index in [9.17, 15) is 9.36 Å². The summed E-state index contributed by atoms with van der Waals surface area (Å²) in [6.45, 7) is 7.01. The lowest BCUT2D eigenvalue weighted by molar-refractivity contribution is -0.149. The second kappa shape index (κ2) is 11.9. The predicted octanol–water partition coefficient (Wildman–Crippen LogP) is 3.53. The molecule has 3 aromatic rings. The number of nitrogen functional groups attached to an aromatic ring is 1. The molecule has 13 nitrogen and oxygen atoms in total. The number of fused-ring (bicyclic) bond motifs is 1. The number of aromatic nitrogens is 4. The molecule has 0 aliphatic carbocycles. The highest BCUT2D eigenvalue weighted by atomic mass is 31.2. The van der Waals surface area contributed by atoms with Crippen LogP contribution in [0.5, 0.6) is 5.75 Å². The molecule has 3 N–H and O–H groups in total. The number of nitrogens with one attached hydrogen (secondary N) is 1. The molecule has 1 aliphatic rings. The van der Waals surface area contributed by atoms with Crippen molar-refractivity contribution in [1.29, 1.82) is 0 Å². The molecule has 0 radical (unpaired) electrons. The Balaban J connectivity index is 1.49. The van der Waals surface area contributed by atoms with Gasteiger partial charge in [-0.2, -0.15) is 15.1 Å². The first-order valence-electron chi connectivity index (χ1n) is 12.8. The van der Waals surface area contributed by atoms with Crippen LogP contribution in [0.1, 0.15) is 40.3 Å². The fourth-order valence-electron chi connectivity index (χ4n) is 4.30. The lowest BCUT2D eigenvalue weighted by atomic mass is 10.1. The van der Waals surface area contributed by atoms with E-state index in [0.717, 1.165) is 0 Å². The molecule has 212 valence electrons. The third-order valence-electron chi connectivity index (χ3n) is 6.03. The Kier molecular flexibility index (Phi) is 8.75. The Morgan fingerprint density at radius 3 is 2.64 bits per heavy atom. The zero-order valence-electron chi connectivity index (χ0n) is 23.0. The number of carbonyl (C=O) groups is 1. The summed E-state index contributed by atoms with van der Waals surface area (Å²) < 4.78 is 38.7. The highest BCUT2D eigenvalue weighted by Gasteiger charge is 2.38. The molecule has 5 atom stereocenters. The number of para-hydroxylation sites is 1. The summed E-state index contributed by atoms with van der Waals surface area (Å²) >= 11 is 0. The van der Waals surface area contributed by atoms with Crippen molar-refractivity contribution < 1.29 is 27.9 Å². The van der Waals surface area contributed by atoms with Gasteiger partial charge < -0.3 is 24.6 Å². The number of imidazole rings is 1. The van der Waals surface area contributed by atoms with E-state index in [1.807, 2.05) is 36.6 Å². The van der Waals surface area contributed by atoms with Crippen molar-refractivity contribution in [2.24, 2.45) is 5.92 Å². The number of rotatable bonds is 11. The fraction of sp³-hybridized carbons (Fsp3) is 0.520. The summed E-state index contributed by atoms with van der Waals surface area (Å²) in [4.78, 5) is 27.4. The summed E-state index contributed by atoms with van der Waals surface area (Å²) in [7, 11) is -0.289. The molecule has 0 bridgehead atoms. The number of esters is 1. The summed E-state index contributed by atoms with van der Waals surface area (Å²) in [5.41, 5.74) is 7.13. The normalized spacial score (nSPS) is 21.6. The Morgan fingerprint density at radius 1 is 1.26 bits per heavy atom. The summed E-state index contributed by atoms with van der Waals surface area (Å²) in [6, 6.07) is 7.66. The smallest absolute Gasteiger partial charge is 0.459 e. The second-order valence-corrected chi connectivity index (χ2v) is 11.7. The molecule has 0 spiro atoms. The lowest BCUT2D eigenvalue weighted by Gasteiger charge is -2.24. The number of carbonyl (C=O) groups excluding carboxylic acids is 1. The maximum Gasteiger partial charge on any atom is 0.459 e. The van der Waals surface area contributed by atoms with Crippen LogP contribution < -0.4 is 20.2 Å². The van der Waals surface area contributed by atoms with Gasteiger partial charge in [0.1, 0.15) is 18.0 Å². The van der Waals surface area contributed by atoms with Crippen molar-refractivity contribution in [3.63, 3.8) is 0 Å². The first-order chi connectivity index (χ1) is 18.5. The molecule has 1 unspecified atom stereocenters. The maximum atomic E-state index is 13.8. The van der Waals surface area contributed by atoms with E-state index in [-0.39, 0.29) is 24.6 Å². The SMILES string of the molecule is CC(C)OC(=O)[C@H](C)NP(=O)(OC[C@@H]1C[C@H](C)[C@H](n2cnc3c(N(C)C)nc(N)nc32)O1)Oc1ccccc1. The van der Waals surface area contributed by atoms with E-state index < -0.39 is 32.1 Å². The van der Waals surface area contributed by atoms with Gasteiger partial charge in [0.05, 0.1) is 25.1 Å². The molecule has 1 aliphatic heterocycles. The highest BCUT2D eigenvalue weighted by molar-refractivity contribution is 7.52. The van der Waals surface area contributed by atoms with Crippen LogP contribution in [0.25, 0.3) is 11.2 Å². The zero-order chi connectivity index (χ0) is 28.3. The number of hydrogen-bond donors (Lipinski definition) is 2. The van der Waals surface area contributed by atoms with Gasteiger partial charge >= 0.3 is 13.7 Å². The average molecular weight is 562 g/mol. The van der Waals surface area contributed by atoms with Crippen molar-refractivity contribution in [3.05, 3.63) is 36.7 Å². The van der Waals surface area contributed by atoms with E-state index in [1.54, 1.807) is 51.4 Å². The van der Waals surface area contributed by atoms with Crippen LogP contribution >= 0.6 is 7.75 Å². The Bertz CT molecular complexity index is 1340. The van der Waals surface area contributed by atoms with Gasteiger partial charge in [-0.1, -0.05) is 25.1 Å². The van der Waals surface area contributed by atoms with Gasteiger partial charge in [-0.05, 0) is 39.3 Å². The van der Waals surface area contributed by atoms with E-state index in [4.69, 9.17) is 24.3 Å². The minimum Gasteiger partial charge on any atom is -0.462 e. The third-order valence-corrected chi connectivity index (χ3v) is 7.67. The van der Waals surface area contributed by atoms with Gasteiger partial charge in [0.25, 0.3) is 0 Å². The van der Waals surface area contributed by atoms with Gasteiger partial charge in [0, 0.05) is 20.0 Å². The number of nitrogens with two attached hydrogens (primary N) is 1. The van der Waals surface area contributed by atoms with Crippen molar-refractivity contribution in [2.75, 3.05) is 31.3 Å². The van der Waals surface area contributed by atoms with Gasteiger partial charge in [0.15, 0.2) is 17.0 Å². The van der Waals surface area contributed by atoms with Crippen molar-refractivity contribution >= 4 is 36.6 Å². The first kappa shape index (κ1) is 28.8. The molecule has 1 aromatic carbocycles. The van der Waals surface area contributed by atoms with Crippen molar-refractivity contribution in [1.82, 2.24) is 24.6 Å². The third kappa shape index (κ3) is 6.85. The molecule has 4 rings (SSSR count). The number of benzene rings is 1. The van der Waals surface area contributed by atoms with Gasteiger partial charge in [0.2, 0.25) is 5.95 Å². The predicted molar refractivity (Wildman–Crippen MR) is 146 cm³/mol. The van der Waals surface area contributed by atoms with Gasteiger partial charge in [-0.25, -0.2) is 9.55 Å². The standard InChI is InChI=1S/C25H36N7O6P/c1-15(2)36-24(33)17(4)30-39(34,38-18-10-8-7-9-11-18)35-13-19-12-16(3)23(37-19)32-14-27-20-21(31(5)6)28-25(26)29-22(20)32/h7-11,14-17,19,23H,12-13H2,1-6H3,(H,30,34)(H2,26,28,29)/t16-,17-,19-,23+,39?/m0/s1. The maximum absolute atomic E-state index is 13.8. The number of ether oxygens (including phenoxy) is 2. The van der Waals surface area contributed by atoms with Crippen molar-refractivity contribution in [3.8, 4) is 5.75 Å². The van der Waals surface area contributed by atoms with Crippen molar-refractivity contribution in [2.45, 2.75) is 58.6 Å². The Hall–Kier alpha value is -3.25. The van der Waals surface area contributed by atoms with E-state index in [2.05, 4.69) is 20.0 Å². The minimum absolute atomic E-state index is 0.0450. The molecular formula is C25H36N7O6P. The van der Waals surface area contributed by atoms with E-state index >= 15 is 0 Å². The molecule has 14 heteroatoms. The van der Waals surface area contributed by atoms with Gasteiger partial charge in [-0.3, -0.25) is 13.9 Å². The van der Waals surface area contributed by atoms with Gasteiger partial charge in [-0.15, -0.1) is 0 Å². The first-order valence-corrected chi connectivity index (χ1v) is 14.3. The number of nitrogens with zero attached hydrogens (tertiary/aromatic N) is 5. The molecular weight excluding hydrogens is 525 g/mol. The summed E-state index contributed by atoms with van der Waals surface area (Å²) in [5.74, 6) is 0.555. The Labute approximate surface area is 227 Å². The zero-order valence-corrected chi connectivity index (χ0v) is 23.9. The van der Waals surface area contributed by atoms with Crippen LogP contribution in [0.3, 0.4) is 0 Å². The lowest BCUT2D eigenvalue weighted by Crippen LogP contribution is -2.36. The molecule has 39 heavy (non-hydrogen) atoms. The van der Waals surface area contributed by atoms with Crippen LogP contribution in [0.2, 0.25) is 0 Å². The summed E-state index contributed by atoms with van der Waals surface area (Å²) in [6.07, 6.45) is 1.12. The average Bonchev–Trinajstić information content (AvgIpc) is 3.45. The monoisotopic (exact) mass is 561 g/mol. The van der Waals surface area contributed by atoms with Crippen LogP contribution in [0.4, 0.5) is 11.8 Å². The highest BCUT2D eigenvalue weighted by Crippen LogP contribution is 2.46. The Morgan fingerprint density at radius 2 is 1.97 bits per heavy atom. The second-order valence-electron chi connectivity index (χ2n) is 10.0. The molecule has 1 fully saturated rings.